The molecule has 0 aromatic rings. The number of hydrogen-bond acceptors (Lipinski definition) is 4. The van der Waals surface area contributed by atoms with Crippen LogP contribution >= 0.6 is 0 Å². The molecule has 5 nitrogen and oxygen atoms in total. The van der Waals surface area contributed by atoms with Gasteiger partial charge in [-0.15, -0.1) is 0 Å². The highest BCUT2D eigenvalue weighted by atomic mass is 32.2. The Balaban J connectivity index is 2.72. The minimum absolute atomic E-state index is 0.0994. The molecule has 0 unspecified atom stereocenters. The van der Waals surface area contributed by atoms with E-state index in [4.69, 9.17) is 4.74 Å². The van der Waals surface area contributed by atoms with E-state index in [2.05, 4.69) is 18.6 Å². The van der Waals surface area contributed by atoms with Crippen LogP contribution in [0.15, 0.2) is 0 Å². The zero-order valence-corrected chi connectivity index (χ0v) is 14.4. The molecule has 0 aromatic heterocycles. The van der Waals surface area contributed by atoms with Gasteiger partial charge in [0.1, 0.15) is 0 Å². The third-order valence-corrected chi connectivity index (χ3v) is 6.24. The lowest BCUT2D eigenvalue weighted by Crippen LogP contribution is -2.46. The first-order valence-corrected chi connectivity index (χ1v) is 9.41. The Hall–Kier alpha value is -0.620. The van der Waals surface area contributed by atoms with Crippen LogP contribution < -0.4 is 4.72 Å². The van der Waals surface area contributed by atoms with E-state index in [0.29, 0.717) is 18.8 Å². The Bertz CT molecular complexity index is 433. The summed E-state index contributed by atoms with van der Waals surface area (Å²) in [5.41, 5.74) is 0. The highest BCUT2D eigenvalue weighted by Crippen LogP contribution is 2.30. The van der Waals surface area contributed by atoms with Crippen molar-refractivity contribution in [2.45, 2.75) is 70.6 Å². The van der Waals surface area contributed by atoms with E-state index >= 15 is 0 Å². The van der Waals surface area contributed by atoms with Crippen molar-refractivity contribution in [3.63, 3.8) is 0 Å². The summed E-state index contributed by atoms with van der Waals surface area (Å²) < 4.78 is 32.6. The number of carbonyl (C=O) groups is 1. The maximum atomic E-state index is 12.6. The first-order valence-electron chi connectivity index (χ1n) is 7.87. The van der Waals surface area contributed by atoms with Crippen LogP contribution in [0.1, 0.15) is 59.3 Å². The average Bonchev–Trinajstić information content (AvgIpc) is 2.44. The highest BCUT2D eigenvalue weighted by molar-refractivity contribution is 7.90. The fraction of sp³-hybridized carbons (Fsp3) is 0.933. The molecule has 1 aliphatic rings. The van der Waals surface area contributed by atoms with Crippen molar-refractivity contribution in [2.24, 2.45) is 11.8 Å². The van der Waals surface area contributed by atoms with Crippen molar-refractivity contribution >= 4 is 16.0 Å². The minimum Gasteiger partial charge on any atom is -0.469 e. The van der Waals surface area contributed by atoms with E-state index in [1.807, 2.05) is 6.92 Å². The van der Waals surface area contributed by atoms with E-state index in [0.717, 1.165) is 25.7 Å². The summed E-state index contributed by atoms with van der Waals surface area (Å²) in [6.07, 6.45) is 4.65. The Morgan fingerprint density at radius 2 is 1.81 bits per heavy atom. The summed E-state index contributed by atoms with van der Waals surface area (Å²) in [5, 5.41) is -0.653. The lowest BCUT2D eigenvalue weighted by atomic mass is 9.89. The first-order chi connectivity index (χ1) is 9.77. The molecule has 0 radical (unpaired) electrons. The molecule has 1 saturated carbocycles. The fourth-order valence-electron chi connectivity index (χ4n) is 2.90. The molecule has 1 fully saturated rings. The van der Waals surface area contributed by atoms with Crippen LogP contribution in [0.25, 0.3) is 0 Å². The van der Waals surface area contributed by atoms with E-state index in [1.165, 1.54) is 7.11 Å². The van der Waals surface area contributed by atoms with Crippen molar-refractivity contribution in [3.8, 4) is 0 Å². The summed E-state index contributed by atoms with van der Waals surface area (Å²) in [6.45, 7) is 6.13. The van der Waals surface area contributed by atoms with E-state index in [-0.39, 0.29) is 6.04 Å². The van der Waals surface area contributed by atoms with Crippen molar-refractivity contribution in [2.75, 3.05) is 7.11 Å². The number of esters is 1. The second kappa shape index (κ2) is 8.13. The van der Waals surface area contributed by atoms with E-state index in [1.54, 1.807) is 0 Å². The molecule has 0 aliphatic heterocycles. The van der Waals surface area contributed by atoms with Gasteiger partial charge >= 0.3 is 5.97 Å². The molecule has 0 heterocycles. The van der Waals surface area contributed by atoms with Crippen LogP contribution in [0.3, 0.4) is 0 Å². The molecule has 124 valence electrons. The van der Waals surface area contributed by atoms with Gasteiger partial charge in [-0.3, -0.25) is 4.79 Å². The Labute approximate surface area is 128 Å². The van der Waals surface area contributed by atoms with Gasteiger partial charge in [-0.05, 0) is 38.5 Å². The highest BCUT2D eigenvalue weighted by Gasteiger charge is 2.40. The van der Waals surface area contributed by atoms with Crippen molar-refractivity contribution in [3.05, 3.63) is 0 Å². The maximum Gasteiger partial charge on any atom is 0.310 e. The summed E-state index contributed by atoms with van der Waals surface area (Å²) in [5.74, 6) is -0.382. The van der Waals surface area contributed by atoms with Gasteiger partial charge < -0.3 is 4.74 Å². The summed E-state index contributed by atoms with van der Waals surface area (Å²) in [7, 11) is -2.17. The van der Waals surface area contributed by atoms with Crippen molar-refractivity contribution in [1.29, 1.82) is 0 Å². The van der Waals surface area contributed by atoms with Crippen LogP contribution in [0.4, 0.5) is 0 Å². The third-order valence-electron chi connectivity index (χ3n) is 4.15. The second-order valence-electron chi connectivity index (χ2n) is 6.49. The fourth-order valence-corrected chi connectivity index (χ4v) is 4.91. The predicted molar refractivity (Wildman–Crippen MR) is 83.4 cm³/mol. The molecule has 6 heteroatoms. The maximum absolute atomic E-state index is 12.6. The zero-order valence-electron chi connectivity index (χ0n) is 13.6. The minimum atomic E-state index is -3.49. The Morgan fingerprint density at radius 1 is 1.19 bits per heavy atom. The molecule has 3 atom stereocenters. The molecule has 0 bridgehead atoms. The summed E-state index contributed by atoms with van der Waals surface area (Å²) in [6, 6.07) is -0.0994. The molecule has 21 heavy (non-hydrogen) atoms. The van der Waals surface area contributed by atoms with Gasteiger partial charge in [0.25, 0.3) is 0 Å². The van der Waals surface area contributed by atoms with Crippen LogP contribution in [-0.4, -0.2) is 32.8 Å². The van der Waals surface area contributed by atoms with Crippen LogP contribution in [0.2, 0.25) is 0 Å². The number of sulfonamides is 1. The SMILES string of the molecule is COC(=O)[C@@H]1CCCC[C@H]1S(=O)(=O)N[C@H](C)CCC(C)C. The molecule has 0 amide bonds. The number of ether oxygens (including phenoxy) is 1. The van der Waals surface area contributed by atoms with Crippen molar-refractivity contribution in [1.82, 2.24) is 4.72 Å². The molecule has 0 saturated heterocycles. The van der Waals surface area contributed by atoms with Gasteiger partial charge in [0, 0.05) is 6.04 Å². The summed E-state index contributed by atoms with van der Waals surface area (Å²) in [4.78, 5) is 11.8. The third kappa shape index (κ3) is 5.58. The average molecular weight is 319 g/mol. The monoisotopic (exact) mass is 319 g/mol. The summed E-state index contributed by atoms with van der Waals surface area (Å²) >= 11 is 0. The number of hydrogen-bond donors (Lipinski definition) is 1. The Morgan fingerprint density at radius 3 is 2.38 bits per heavy atom. The molecule has 0 aromatic carbocycles. The second-order valence-corrected chi connectivity index (χ2v) is 8.42. The zero-order chi connectivity index (χ0) is 16.0. The van der Waals surface area contributed by atoms with Crippen molar-refractivity contribution < 1.29 is 17.9 Å². The topological polar surface area (TPSA) is 72.5 Å². The quantitative estimate of drug-likeness (QED) is 0.732. The number of rotatable bonds is 7. The molecule has 0 spiro atoms. The van der Waals surface area contributed by atoms with Crippen LogP contribution in [-0.2, 0) is 19.6 Å². The van der Waals surface area contributed by atoms with Gasteiger partial charge in [0.05, 0.1) is 18.3 Å². The number of carbonyl (C=O) groups excluding carboxylic acids is 1. The Kier molecular flexibility index (Phi) is 7.13. The van der Waals surface area contributed by atoms with Gasteiger partial charge in [-0.2, -0.15) is 0 Å². The normalized spacial score (nSPS) is 24.8. The smallest absolute Gasteiger partial charge is 0.310 e. The van der Waals surface area contributed by atoms with Gasteiger partial charge in [-0.1, -0.05) is 26.7 Å². The first kappa shape index (κ1) is 18.4. The lowest BCUT2D eigenvalue weighted by molar-refractivity contribution is -0.146. The predicted octanol–water partition coefficient (Wildman–Crippen LogP) is 2.46. The van der Waals surface area contributed by atoms with E-state index < -0.39 is 27.2 Å². The lowest BCUT2D eigenvalue weighted by Gasteiger charge is -2.30. The van der Waals surface area contributed by atoms with Gasteiger partial charge in [-0.25, -0.2) is 13.1 Å². The number of nitrogens with one attached hydrogen (secondary N) is 1. The molecule has 1 N–H and O–H groups in total. The van der Waals surface area contributed by atoms with Gasteiger partial charge in [0.15, 0.2) is 0 Å². The molecule has 1 aliphatic carbocycles. The van der Waals surface area contributed by atoms with Crippen LogP contribution in [0.5, 0.6) is 0 Å². The van der Waals surface area contributed by atoms with E-state index in [9.17, 15) is 13.2 Å². The molecular formula is C15H29NO4S. The van der Waals surface area contributed by atoms with Crippen LogP contribution in [0, 0.1) is 11.8 Å². The largest absolute Gasteiger partial charge is 0.469 e. The molecular weight excluding hydrogens is 290 g/mol. The number of methoxy groups -OCH3 is 1. The molecule has 1 rings (SSSR count). The van der Waals surface area contributed by atoms with Gasteiger partial charge in [0.2, 0.25) is 10.0 Å². The standard InChI is InChI=1S/C15H29NO4S/c1-11(2)9-10-12(3)16-21(18,19)14-8-6-5-7-13(14)15(17)20-4/h11-14,16H,5-10H2,1-4H3/t12-,13-,14-/m1/s1.